The Hall–Kier alpha value is -2.10. The lowest BCUT2D eigenvalue weighted by Gasteiger charge is -2.10. The zero-order valence-electron chi connectivity index (χ0n) is 10.2. The quantitative estimate of drug-likeness (QED) is 0.700. The highest BCUT2D eigenvalue weighted by atomic mass is 16.6. The molecule has 2 rings (SSSR count). The van der Waals surface area contributed by atoms with Crippen LogP contribution in [0.25, 0.3) is 10.8 Å². The molecular weight excluding hydrogens is 216 g/mol. The zero-order valence-corrected chi connectivity index (χ0v) is 10.2. The minimum absolute atomic E-state index is 0.371. The Labute approximate surface area is 100 Å². The largest absolute Gasteiger partial charge is 0.414 e. The third-order valence-electron chi connectivity index (χ3n) is 2.46. The fourth-order valence-electron chi connectivity index (χ4n) is 1.53. The molecule has 0 aliphatic carbocycles. The molecule has 0 N–H and O–H groups in total. The lowest BCUT2D eigenvalue weighted by atomic mass is 10.2. The standard InChI is InChI=1S/C13H15N2O2/c1-14(2)13(16)17-12-5-4-10-6-7-15(3)9-11(10)8-12/h4-9H,1-3H3/q+1. The summed E-state index contributed by atoms with van der Waals surface area (Å²) in [6.45, 7) is 0. The van der Waals surface area contributed by atoms with E-state index in [0.29, 0.717) is 5.75 Å². The molecule has 1 amide bonds. The van der Waals surface area contributed by atoms with Gasteiger partial charge in [0.1, 0.15) is 12.8 Å². The molecule has 1 heterocycles. The number of carbonyl (C=O) groups is 1. The molecule has 2 aromatic rings. The number of carbonyl (C=O) groups excluding carboxylic acids is 1. The van der Waals surface area contributed by atoms with Gasteiger partial charge in [-0.25, -0.2) is 9.36 Å². The van der Waals surface area contributed by atoms with Gasteiger partial charge in [0.05, 0.1) is 0 Å². The summed E-state index contributed by atoms with van der Waals surface area (Å²) in [4.78, 5) is 12.8. The minimum atomic E-state index is -0.371. The van der Waals surface area contributed by atoms with Crippen molar-refractivity contribution in [2.45, 2.75) is 0 Å². The molecule has 0 aliphatic heterocycles. The summed E-state index contributed by atoms with van der Waals surface area (Å²) in [6.07, 6.45) is 3.60. The molecular formula is C13H15N2O2+. The van der Waals surface area contributed by atoms with Gasteiger partial charge < -0.3 is 9.64 Å². The Bertz CT molecular complexity index is 564. The van der Waals surface area contributed by atoms with E-state index in [4.69, 9.17) is 4.74 Å². The first-order chi connectivity index (χ1) is 8.06. The predicted octanol–water partition coefficient (Wildman–Crippen LogP) is 1.72. The molecule has 4 nitrogen and oxygen atoms in total. The van der Waals surface area contributed by atoms with Crippen LogP contribution in [-0.4, -0.2) is 25.1 Å². The average molecular weight is 231 g/mol. The van der Waals surface area contributed by atoms with Gasteiger partial charge in [-0.2, -0.15) is 0 Å². The normalized spacial score (nSPS) is 10.3. The van der Waals surface area contributed by atoms with Crippen LogP contribution in [0.5, 0.6) is 5.75 Å². The number of fused-ring (bicyclic) bond motifs is 1. The minimum Gasteiger partial charge on any atom is -0.410 e. The molecule has 0 saturated heterocycles. The number of aromatic nitrogens is 1. The van der Waals surface area contributed by atoms with E-state index in [-0.39, 0.29) is 6.09 Å². The first-order valence-corrected chi connectivity index (χ1v) is 5.34. The summed E-state index contributed by atoms with van der Waals surface area (Å²) in [7, 11) is 5.27. The van der Waals surface area contributed by atoms with E-state index in [2.05, 4.69) is 0 Å². The lowest BCUT2D eigenvalue weighted by molar-refractivity contribution is -0.670. The first-order valence-electron chi connectivity index (χ1n) is 5.34. The number of rotatable bonds is 1. The topological polar surface area (TPSA) is 33.4 Å². The van der Waals surface area contributed by atoms with Gasteiger partial charge in [-0.05, 0) is 17.5 Å². The number of benzene rings is 1. The van der Waals surface area contributed by atoms with Crippen molar-refractivity contribution in [1.29, 1.82) is 0 Å². The van der Waals surface area contributed by atoms with Gasteiger partial charge in [0.2, 0.25) is 0 Å². The monoisotopic (exact) mass is 231 g/mol. The summed E-state index contributed by atoms with van der Waals surface area (Å²) in [5.41, 5.74) is 0. The highest BCUT2D eigenvalue weighted by Gasteiger charge is 2.07. The van der Waals surface area contributed by atoms with Gasteiger partial charge >= 0.3 is 6.09 Å². The number of hydrogen-bond donors (Lipinski definition) is 0. The van der Waals surface area contributed by atoms with Crippen molar-refractivity contribution >= 4 is 16.9 Å². The summed E-state index contributed by atoms with van der Waals surface area (Å²) in [6, 6.07) is 7.61. The molecule has 0 aliphatic rings. The van der Waals surface area contributed by atoms with Crippen LogP contribution in [0.1, 0.15) is 0 Å². The molecule has 17 heavy (non-hydrogen) atoms. The highest BCUT2D eigenvalue weighted by Crippen LogP contribution is 2.19. The second-order valence-electron chi connectivity index (χ2n) is 4.16. The number of hydrogen-bond acceptors (Lipinski definition) is 2. The number of aryl methyl sites for hydroxylation is 1. The van der Waals surface area contributed by atoms with E-state index >= 15 is 0 Å². The van der Waals surface area contributed by atoms with Crippen LogP contribution in [0.2, 0.25) is 0 Å². The van der Waals surface area contributed by atoms with Gasteiger partial charge in [-0.1, -0.05) is 6.07 Å². The summed E-state index contributed by atoms with van der Waals surface area (Å²) >= 11 is 0. The molecule has 0 bridgehead atoms. The Morgan fingerprint density at radius 1 is 1.24 bits per heavy atom. The Morgan fingerprint density at radius 2 is 2.00 bits per heavy atom. The van der Waals surface area contributed by atoms with Crippen molar-refractivity contribution in [1.82, 2.24) is 4.90 Å². The fourth-order valence-corrected chi connectivity index (χ4v) is 1.53. The Kier molecular flexibility index (Phi) is 2.95. The molecule has 0 spiro atoms. The maximum absolute atomic E-state index is 11.4. The van der Waals surface area contributed by atoms with E-state index in [1.807, 2.05) is 42.2 Å². The SMILES string of the molecule is CN(C)C(=O)Oc1ccc2cc[n+](C)cc2c1. The third kappa shape index (κ3) is 2.53. The maximum Gasteiger partial charge on any atom is 0.414 e. The second kappa shape index (κ2) is 4.41. The summed E-state index contributed by atoms with van der Waals surface area (Å²) in [5, 5.41) is 2.16. The van der Waals surface area contributed by atoms with Crippen LogP contribution in [0.15, 0.2) is 36.7 Å². The van der Waals surface area contributed by atoms with E-state index in [0.717, 1.165) is 10.8 Å². The summed E-state index contributed by atoms with van der Waals surface area (Å²) in [5.74, 6) is 0.558. The van der Waals surface area contributed by atoms with Gasteiger partial charge in [0.15, 0.2) is 12.4 Å². The number of amides is 1. The molecule has 0 saturated carbocycles. The van der Waals surface area contributed by atoms with Crippen molar-refractivity contribution in [2.24, 2.45) is 7.05 Å². The molecule has 4 heteroatoms. The van der Waals surface area contributed by atoms with E-state index in [9.17, 15) is 4.79 Å². The molecule has 0 fully saturated rings. The predicted molar refractivity (Wildman–Crippen MR) is 64.8 cm³/mol. The molecule has 0 unspecified atom stereocenters. The van der Waals surface area contributed by atoms with Crippen LogP contribution >= 0.6 is 0 Å². The van der Waals surface area contributed by atoms with Crippen LogP contribution in [-0.2, 0) is 7.05 Å². The number of ether oxygens (including phenoxy) is 1. The van der Waals surface area contributed by atoms with Crippen molar-refractivity contribution in [3.05, 3.63) is 36.7 Å². The fraction of sp³-hybridized carbons (Fsp3) is 0.231. The highest BCUT2D eigenvalue weighted by molar-refractivity contribution is 5.83. The van der Waals surface area contributed by atoms with Gasteiger partial charge in [0, 0.05) is 25.5 Å². The van der Waals surface area contributed by atoms with Crippen LogP contribution < -0.4 is 9.30 Å². The van der Waals surface area contributed by atoms with Gasteiger partial charge in [0.25, 0.3) is 0 Å². The average Bonchev–Trinajstić information content (AvgIpc) is 2.28. The van der Waals surface area contributed by atoms with Crippen molar-refractivity contribution in [3.63, 3.8) is 0 Å². The maximum atomic E-state index is 11.4. The number of pyridine rings is 1. The van der Waals surface area contributed by atoms with Crippen molar-refractivity contribution in [3.8, 4) is 5.75 Å². The zero-order chi connectivity index (χ0) is 12.4. The number of nitrogens with zero attached hydrogens (tertiary/aromatic N) is 2. The van der Waals surface area contributed by atoms with Crippen molar-refractivity contribution in [2.75, 3.05) is 14.1 Å². The molecule has 0 radical (unpaired) electrons. The van der Waals surface area contributed by atoms with E-state index < -0.39 is 0 Å². The third-order valence-corrected chi connectivity index (χ3v) is 2.46. The van der Waals surface area contributed by atoms with Gasteiger partial charge in [-0.15, -0.1) is 0 Å². The lowest BCUT2D eigenvalue weighted by Crippen LogP contribution is -2.26. The smallest absolute Gasteiger partial charge is 0.410 e. The van der Waals surface area contributed by atoms with Crippen molar-refractivity contribution < 1.29 is 14.1 Å². The van der Waals surface area contributed by atoms with Crippen LogP contribution in [0, 0.1) is 0 Å². The Morgan fingerprint density at radius 3 is 2.71 bits per heavy atom. The summed E-state index contributed by atoms with van der Waals surface area (Å²) < 4.78 is 7.16. The van der Waals surface area contributed by atoms with Crippen LogP contribution in [0.3, 0.4) is 0 Å². The van der Waals surface area contributed by atoms with Gasteiger partial charge in [-0.3, -0.25) is 0 Å². The molecule has 1 aromatic heterocycles. The molecule has 1 aromatic carbocycles. The second-order valence-corrected chi connectivity index (χ2v) is 4.16. The van der Waals surface area contributed by atoms with E-state index in [1.54, 1.807) is 20.2 Å². The first kappa shape index (κ1) is 11.4. The van der Waals surface area contributed by atoms with E-state index in [1.165, 1.54) is 4.90 Å². The molecule has 88 valence electrons. The Balaban J connectivity index is 2.34. The van der Waals surface area contributed by atoms with Crippen LogP contribution in [0.4, 0.5) is 4.79 Å². The molecule has 0 atom stereocenters.